The van der Waals surface area contributed by atoms with Crippen molar-refractivity contribution in [1.82, 2.24) is 20.2 Å². The number of amides is 2. The number of hydrogen-bond acceptors (Lipinski definition) is 5. The van der Waals surface area contributed by atoms with E-state index in [1.165, 1.54) is 5.56 Å². The SMILES string of the molecule is NC(=O)CN1CCCC(C(=O)NCc2ncc3c(n2)CCC3)C1. The Morgan fingerprint density at radius 2 is 2.22 bits per heavy atom. The second-order valence-electron chi connectivity index (χ2n) is 6.37. The van der Waals surface area contributed by atoms with Gasteiger partial charge in [0.1, 0.15) is 5.82 Å². The van der Waals surface area contributed by atoms with Crippen LogP contribution in [-0.4, -0.2) is 46.3 Å². The van der Waals surface area contributed by atoms with E-state index in [9.17, 15) is 9.59 Å². The fourth-order valence-electron chi connectivity index (χ4n) is 3.38. The van der Waals surface area contributed by atoms with Gasteiger partial charge in [-0.3, -0.25) is 14.5 Å². The number of nitrogens with two attached hydrogens (primary N) is 1. The topological polar surface area (TPSA) is 101 Å². The standard InChI is InChI=1S/C16H23N5O2/c17-14(22)10-21-6-2-4-12(9-21)16(23)19-8-15-18-7-11-3-1-5-13(11)20-15/h7,12H,1-6,8-10H2,(H2,17,22)(H,19,23). The zero-order chi connectivity index (χ0) is 16.2. The largest absolute Gasteiger partial charge is 0.369 e. The average molecular weight is 317 g/mol. The molecule has 2 aliphatic rings. The Hall–Kier alpha value is -2.02. The van der Waals surface area contributed by atoms with E-state index in [4.69, 9.17) is 5.73 Å². The molecule has 1 atom stereocenters. The molecule has 3 rings (SSSR count). The molecule has 7 nitrogen and oxygen atoms in total. The van der Waals surface area contributed by atoms with Crippen LogP contribution in [-0.2, 0) is 29.0 Å². The molecule has 23 heavy (non-hydrogen) atoms. The molecule has 3 N–H and O–H groups in total. The number of aromatic nitrogens is 2. The van der Waals surface area contributed by atoms with Crippen LogP contribution in [0.3, 0.4) is 0 Å². The van der Waals surface area contributed by atoms with E-state index in [-0.39, 0.29) is 24.3 Å². The number of nitrogens with zero attached hydrogens (tertiary/aromatic N) is 3. The number of carbonyl (C=O) groups excluding carboxylic acids is 2. The molecule has 1 saturated heterocycles. The summed E-state index contributed by atoms with van der Waals surface area (Å²) in [6.07, 6.45) is 6.82. The summed E-state index contributed by atoms with van der Waals surface area (Å²) in [5.41, 5.74) is 7.58. The van der Waals surface area contributed by atoms with Crippen molar-refractivity contribution < 1.29 is 9.59 Å². The maximum absolute atomic E-state index is 12.3. The van der Waals surface area contributed by atoms with Gasteiger partial charge in [0.15, 0.2) is 0 Å². The quantitative estimate of drug-likeness (QED) is 0.782. The first kappa shape index (κ1) is 15.9. The summed E-state index contributed by atoms with van der Waals surface area (Å²) in [6, 6.07) is 0. The van der Waals surface area contributed by atoms with Crippen LogP contribution in [0.1, 0.15) is 36.3 Å². The molecule has 0 radical (unpaired) electrons. The van der Waals surface area contributed by atoms with Gasteiger partial charge in [-0.15, -0.1) is 0 Å². The summed E-state index contributed by atoms with van der Waals surface area (Å²) in [7, 11) is 0. The molecule has 0 bridgehead atoms. The van der Waals surface area contributed by atoms with Gasteiger partial charge in [0, 0.05) is 18.4 Å². The minimum atomic E-state index is -0.349. The van der Waals surface area contributed by atoms with Crippen LogP contribution < -0.4 is 11.1 Å². The van der Waals surface area contributed by atoms with Crippen LogP contribution in [0.25, 0.3) is 0 Å². The minimum Gasteiger partial charge on any atom is -0.369 e. The predicted octanol–water partition coefficient (Wildman–Crippen LogP) is -0.221. The molecular formula is C16H23N5O2. The molecule has 2 heterocycles. The highest BCUT2D eigenvalue weighted by Crippen LogP contribution is 2.19. The van der Waals surface area contributed by atoms with Crippen molar-refractivity contribution in [2.45, 2.75) is 38.6 Å². The van der Waals surface area contributed by atoms with Crippen molar-refractivity contribution in [3.8, 4) is 0 Å². The third-order valence-electron chi connectivity index (χ3n) is 4.54. The first-order chi connectivity index (χ1) is 11.1. The monoisotopic (exact) mass is 317 g/mol. The molecule has 1 aromatic rings. The number of piperidine rings is 1. The average Bonchev–Trinajstić information content (AvgIpc) is 3.00. The number of likely N-dealkylation sites (tertiary alicyclic amines) is 1. The molecule has 0 aromatic carbocycles. The molecule has 1 unspecified atom stereocenters. The van der Waals surface area contributed by atoms with E-state index in [0.717, 1.165) is 44.3 Å². The summed E-state index contributed by atoms with van der Waals surface area (Å²) in [5, 5.41) is 2.93. The van der Waals surface area contributed by atoms with Gasteiger partial charge in [-0.25, -0.2) is 9.97 Å². The zero-order valence-electron chi connectivity index (χ0n) is 13.3. The van der Waals surface area contributed by atoms with E-state index in [2.05, 4.69) is 15.3 Å². The molecule has 1 aliphatic carbocycles. The van der Waals surface area contributed by atoms with Crippen molar-refractivity contribution in [2.24, 2.45) is 11.7 Å². The Bertz CT molecular complexity index is 604. The minimum absolute atomic E-state index is 0.00303. The van der Waals surface area contributed by atoms with E-state index in [0.29, 0.717) is 18.9 Å². The summed E-state index contributed by atoms with van der Waals surface area (Å²) < 4.78 is 0. The lowest BCUT2D eigenvalue weighted by molar-refractivity contribution is -0.128. The van der Waals surface area contributed by atoms with Crippen molar-refractivity contribution >= 4 is 11.8 Å². The van der Waals surface area contributed by atoms with Gasteiger partial charge < -0.3 is 11.1 Å². The van der Waals surface area contributed by atoms with E-state index in [1.807, 2.05) is 11.1 Å². The first-order valence-corrected chi connectivity index (χ1v) is 8.24. The molecule has 0 spiro atoms. The van der Waals surface area contributed by atoms with Gasteiger partial charge in [0.2, 0.25) is 11.8 Å². The molecule has 124 valence electrons. The van der Waals surface area contributed by atoms with Gasteiger partial charge in [0.25, 0.3) is 0 Å². The second-order valence-corrected chi connectivity index (χ2v) is 6.37. The van der Waals surface area contributed by atoms with Crippen LogP contribution in [0.5, 0.6) is 0 Å². The molecule has 7 heteroatoms. The van der Waals surface area contributed by atoms with Crippen molar-refractivity contribution in [3.05, 3.63) is 23.3 Å². The Labute approximate surface area is 135 Å². The lowest BCUT2D eigenvalue weighted by Gasteiger charge is -2.30. The highest BCUT2D eigenvalue weighted by atomic mass is 16.2. The number of aryl methyl sites for hydroxylation is 2. The maximum Gasteiger partial charge on any atom is 0.231 e. The maximum atomic E-state index is 12.3. The third-order valence-corrected chi connectivity index (χ3v) is 4.54. The van der Waals surface area contributed by atoms with E-state index in [1.54, 1.807) is 0 Å². The Kier molecular flexibility index (Phi) is 4.85. The Balaban J connectivity index is 1.51. The van der Waals surface area contributed by atoms with E-state index < -0.39 is 0 Å². The molecule has 1 aromatic heterocycles. The number of fused-ring (bicyclic) bond motifs is 1. The fourth-order valence-corrected chi connectivity index (χ4v) is 3.38. The zero-order valence-corrected chi connectivity index (χ0v) is 13.3. The summed E-state index contributed by atoms with van der Waals surface area (Å²) in [5.74, 6) is 0.224. The van der Waals surface area contributed by atoms with Crippen LogP contribution in [0, 0.1) is 5.92 Å². The highest BCUT2D eigenvalue weighted by Gasteiger charge is 2.26. The van der Waals surface area contributed by atoms with Crippen LogP contribution >= 0.6 is 0 Å². The predicted molar refractivity (Wildman–Crippen MR) is 84.3 cm³/mol. The molecule has 0 saturated carbocycles. The first-order valence-electron chi connectivity index (χ1n) is 8.24. The summed E-state index contributed by atoms with van der Waals surface area (Å²) in [4.78, 5) is 34.1. The number of primary amides is 1. The molecule has 1 fully saturated rings. The lowest BCUT2D eigenvalue weighted by atomic mass is 9.97. The third kappa shape index (κ3) is 4.04. The molecular weight excluding hydrogens is 294 g/mol. The van der Waals surface area contributed by atoms with E-state index >= 15 is 0 Å². The van der Waals surface area contributed by atoms with Crippen LogP contribution in [0.4, 0.5) is 0 Å². The van der Waals surface area contributed by atoms with Crippen molar-refractivity contribution in [2.75, 3.05) is 19.6 Å². The van der Waals surface area contributed by atoms with Gasteiger partial charge in [-0.1, -0.05) is 0 Å². The summed E-state index contributed by atoms with van der Waals surface area (Å²) >= 11 is 0. The smallest absolute Gasteiger partial charge is 0.231 e. The number of nitrogens with one attached hydrogen (secondary N) is 1. The van der Waals surface area contributed by atoms with Crippen LogP contribution in [0.15, 0.2) is 6.20 Å². The molecule has 2 amide bonds. The van der Waals surface area contributed by atoms with Crippen molar-refractivity contribution in [3.63, 3.8) is 0 Å². The van der Waals surface area contributed by atoms with Gasteiger partial charge in [0.05, 0.1) is 19.0 Å². The number of hydrogen-bond donors (Lipinski definition) is 2. The molecule has 1 aliphatic heterocycles. The number of carbonyl (C=O) groups is 2. The van der Waals surface area contributed by atoms with Gasteiger partial charge in [-0.2, -0.15) is 0 Å². The Morgan fingerprint density at radius 1 is 1.35 bits per heavy atom. The van der Waals surface area contributed by atoms with Crippen molar-refractivity contribution in [1.29, 1.82) is 0 Å². The normalized spacial score (nSPS) is 21.0. The van der Waals surface area contributed by atoms with Gasteiger partial charge >= 0.3 is 0 Å². The summed E-state index contributed by atoms with van der Waals surface area (Å²) in [6.45, 7) is 1.98. The fraction of sp³-hybridized carbons (Fsp3) is 0.625. The van der Waals surface area contributed by atoms with Gasteiger partial charge in [-0.05, 0) is 44.2 Å². The second kappa shape index (κ2) is 7.04. The number of rotatable bonds is 5. The van der Waals surface area contributed by atoms with Crippen LogP contribution in [0.2, 0.25) is 0 Å². The lowest BCUT2D eigenvalue weighted by Crippen LogP contribution is -2.45. The Morgan fingerprint density at radius 3 is 3.04 bits per heavy atom. The highest BCUT2D eigenvalue weighted by molar-refractivity contribution is 5.79.